The Hall–Kier alpha value is -1.85. The van der Waals surface area contributed by atoms with Crippen LogP contribution in [0.5, 0.6) is 0 Å². The molecule has 0 aromatic carbocycles. The minimum atomic E-state index is -0.512. The highest BCUT2D eigenvalue weighted by Gasteiger charge is 2.35. The van der Waals surface area contributed by atoms with Crippen LogP contribution in [0.15, 0.2) is 18.3 Å². The standard InChI is InChI=1S/C16H24FN3O2/c1-11-9-19(13-6-7-18-14(17)8-13)10-12(2)20(11)15(21)22-16(3,4)5/h6-8,11-12H,9-10H2,1-5H3/t11-,12-/m1/s1. The summed E-state index contributed by atoms with van der Waals surface area (Å²) in [6, 6.07) is 3.17. The van der Waals surface area contributed by atoms with Gasteiger partial charge in [-0.1, -0.05) is 0 Å². The molecule has 0 saturated carbocycles. The van der Waals surface area contributed by atoms with Gasteiger partial charge >= 0.3 is 6.09 Å². The predicted octanol–water partition coefficient (Wildman–Crippen LogP) is 3.05. The third kappa shape index (κ3) is 3.87. The largest absolute Gasteiger partial charge is 0.444 e. The van der Waals surface area contributed by atoms with Crippen LogP contribution in [0.2, 0.25) is 0 Å². The summed E-state index contributed by atoms with van der Waals surface area (Å²) in [5, 5.41) is 0. The van der Waals surface area contributed by atoms with Crippen molar-refractivity contribution in [1.29, 1.82) is 0 Å². The summed E-state index contributed by atoms with van der Waals surface area (Å²) in [7, 11) is 0. The Labute approximate surface area is 131 Å². The fraction of sp³-hybridized carbons (Fsp3) is 0.625. The smallest absolute Gasteiger partial charge is 0.410 e. The Morgan fingerprint density at radius 2 is 1.91 bits per heavy atom. The van der Waals surface area contributed by atoms with E-state index >= 15 is 0 Å². The minimum Gasteiger partial charge on any atom is -0.444 e. The first-order valence-corrected chi connectivity index (χ1v) is 7.55. The van der Waals surface area contributed by atoms with Gasteiger partial charge in [-0.25, -0.2) is 9.78 Å². The van der Waals surface area contributed by atoms with E-state index in [0.717, 1.165) is 5.69 Å². The van der Waals surface area contributed by atoms with Crippen LogP contribution in [0.1, 0.15) is 34.6 Å². The number of piperazine rings is 1. The second-order valence-corrected chi connectivity index (χ2v) is 6.83. The van der Waals surface area contributed by atoms with Crippen molar-refractivity contribution in [3.63, 3.8) is 0 Å². The maximum absolute atomic E-state index is 13.3. The van der Waals surface area contributed by atoms with Crippen molar-refractivity contribution in [1.82, 2.24) is 9.88 Å². The number of amides is 1. The number of pyridine rings is 1. The normalized spacial score (nSPS) is 22.6. The van der Waals surface area contributed by atoms with Gasteiger partial charge in [0.25, 0.3) is 0 Å². The zero-order chi connectivity index (χ0) is 16.5. The lowest BCUT2D eigenvalue weighted by molar-refractivity contribution is 0.00565. The molecule has 0 bridgehead atoms. The molecule has 22 heavy (non-hydrogen) atoms. The van der Waals surface area contributed by atoms with Gasteiger partial charge in [-0.05, 0) is 40.7 Å². The molecular weight excluding hydrogens is 285 g/mol. The van der Waals surface area contributed by atoms with Crippen LogP contribution >= 0.6 is 0 Å². The van der Waals surface area contributed by atoms with E-state index in [1.54, 1.807) is 11.0 Å². The number of anilines is 1. The number of hydrogen-bond donors (Lipinski definition) is 0. The SMILES string of the molecule is C[C@@H]1CN(c2ccnc(F)c2)C[C@@H](C)N1C(=O)OC(C)(C)C. The summed E-state index contributed by atoms with van der Waals surface area (Å²) < 4.78 is 18.8. The first-order chi connectivity index (χ1) is 10.2. The molecule has 1 aromatic rings. The molecule has 6 heteroatoms. The second kappa shape index (κ2) is 6.10. The van der Waals surface area contributed by atoms with Crippen LogP contribution in [0.3, 0.4) is 0 Å². The van der Waals surface area contributed by atoms with E-state index in [9.17, 15) is 9.18 Å². The molecule has 5 nitrogen and oxygen atoms in total. The van der Waals surface area contributed by atoms with E-state index in [0.29, 0.717) is 13.1 Å². The highest BCUT2D eigenvalue weighted by molar-refractivity contribution is 5.69. The van der Waals surface area contributed by atoms with Crippen molar-refractivity contribution in [2.45, 2.75) is 52.3 Å². The van der Waals surface area contributed by atoms with Crippen molar-refractivity contribution >= 4 is 11.8 Å². The number of rotatable bonds is 1. The molecule has 0 radical (unpaired) electrons. The zero-order valence-corrected chi connectivity index (χ0v) is 13.8. The molecule has 2 rings (SSSR count). The quantitative estimate of drug-likeness (QED) is 0.748. The van der Waals surface area contributed by atoms with Crippen molar-refractivity contribution < 1.29 is 13.9 Å². The van der Waals surface area contributed by atoms with E-state index in [-0.39, 0.29) is 18.2 Å². The molecular formula is C16H24FN3O2. The summed E-state index contributed by atoms with van der Waals surface area (Å²) in [5.74, 6) is -0.493. The maximum Gasteiger partial charge on any atom is 0.410 e. The Bertz CT molecular complexity index is 532. The highest BCUT2D eigenvalue weighted by atomic mass is 19.1. The molecule has 122 valence electrons. The lowest BCUT2D eigenvalue weighted by Crippen LogP contribution is -2.59. The Morgan fingerprint density at radius 1 is 1.32 bits per heavy atom. The minimum absolute atomic E-state index is 0.0187. The van der Waals surface area contributed by atoms with Gasteiger partial charge in [0, 0.05) is 31.0 Å². The molecule has 1 saturated heterocycles. The number of carbonyl (C=O) groups excluding carboxylic acids is 1. The number of halogens is 1. The molecule has 2 heterocycles. The maximum atomic E-state index is 13.3. The van der Waals surface area contributed by atoms with Gasteiger partial charge < -0.3 is 9.64 Å². The number of hydrogen-bond acceptors (Lipinski definition) is 4. The summed E-state index contributed by atoms with van der Waals surface area (Å²) >= 11 is 0. The van der Waals surface area contributed by atoms with Gasteiger partial charge in [-0.3, -0.25) is 4.90 Å². The van der Waals surface area contributed by atoms with Crippen LogP contribution in [0.25, 0.3) is 0 Å². The second-order valence-electron chi connectivity index (χ2n) is 6.83. The average molecular weight is 309 g/mol. The Morgan fingerprint density at radius 3 is 2.41 bits per heavy atom. The molecule has 0 N–H and O–H groups in total. The fourth-order valence-corrected chi connectivity index (χ4v) is 2.80. The van der Waals surface area contributed by atoms with Crippen LogP contribution in [-0.2, 0) is 4.74 Å². The van der Waals surface area contributed by atoms with Crippen molar-refractivity contribution in [2.24, 2.45) is 0 Å². The number of aromatic nitrogens is 1. The third-order valence-corrected chi connectivity index (χ3v) is 3.60. The first-order valence-electron chi connectivity index (χ1n) is 7.55. The molecule has 1 aromatic heterocycles. The van der Waals surface area contributed by atoms with Gasteiger partial charge in [0.15, 0.2) is 0 Å². The molecule has 1 aliphatic rings. The van der Waals surface area contributed by atoms with Crippen LogP contribution in [0, 0.1) is 5.95 Å². The molecule has 1 aliphatic heterocycles. The van der Waals surface area contributed by atoms with Gasteiger partial charge in [-0.2, -0.15) is 4.39 Å². The van der Waals surface area contributed by atoms with Gasteiger partial charge in [0.2, 0.25) is 5.95 Å². The molecule has 0 unspecified atom stereocenters. The molecule has 1 fully saturated rings. The number of nitrogens with zero attached hydrogens (tertiary/aromatic N) is 3. The van der Waals surface area contributed by atoms with E-state index in [2.05, 4.69) is 9.88 Å². The molecule has 0 aliphatic carbocycles. The van der Waals surface area contributed by atoms with Crippen molar-refractivity contribution in [2.75, 3.05) is 18.0 Å². The first kappa shape index (κ1) is 16.5. The Balaban J connectivity index is 2.10. The highest BCUT2D eigenvalue weighted by Crippen LogP contribution is 2.24. The fourth-order valence-electron chi connectivity index (χ4n) is 2.80. The third-order valence-electron chi connectivity index (χ3n) is 3.60. The summed E-state index contributed by atoms with van der Waals surface area (Å²) in [4.78, 5) is 19.8. The van der Waals surface area contributed by atoms with E-state index in [4.69, 9.17) is 4.74 Å². The van der Waals surface area contributed by atoms with Crippen LogP contribution in [0.4, 0.5) is 14.9 Å². The molecule has 1 amide bonds. The summed E-state index contributed by atoms with van der Waals surface area (Å²) in [6.07, 6.45) is 1.16. The monoisotopic (exact) mass is 309 g/mol. The molecule has 0 spiro atoms. The Kier molecular flexibility index (Phi) is 4.58. The van der Waals surface area contributed by atoms with Gasteiger partial charge in [0.1, 0.15) is 5.60 Å². The van der Waals surface area contributed by atoms with Gasteiger partial charge in [0.05, 0.1) is 12.1 Å². The summed E-state index contributed by atoms with van der Waals surface area (Å²) in [6.45, 7) is 10.8. The summed E-state index contributed by atoms with van der Waals surface area (Å²) in [5.41, 5.74) is 0.275. The molecule has 2 atom stereocenters. The van der Waals surface area contributed by atoms with E-state index in [1.165, 1.54) is 12.3 Å². The predicted molar refractivity (Wildman–Crippen MR) is 83.4 cm³/mol. The van der Waals surface area contributed by atoms with Crippen LogP contribution < -0.4 is 4.90 Å². The lowest BCUT2D eigenvalue weighted by atomic mass is 10.1. The average Bonchev–Trinajstić information content (AvgIpc) is 2.35. The number of ether oxygens (including phenoxy) is 1. The van der Waals surface area contributed by atoms with E-state index in [1.807, 2.05) is 34.6 Å². The van der Waals surface area contributed by atoms with Crippen molar-refractivity contribution in [3.05, 3.63) is 24.3 Å². The van der Waals surface area contributed by atoms with E-state index < -0.39 is 11.5 Å². The lowest BCUT2D eigenvalue weighted by Gasteiger charge is -2.45. The number of carbonyl (C=O) groups is 1. The van der Waals surface area contributed by atoms with Crippen molar-refractivity contribution in [3.8, 4) is 0 Å². The zero-order valence-electron chi connectivity index (χ0n) is 13.8. The topological polar surface area (TPSA) is 45.7 Å². The van der Waals surface area contributed by atoms with Gasteiger partial charge in [-0.15, -0.1) is 0 Å². The van der Waals surface area contributed by atoms with Crippen LogP contribution in [-0.4, -0.2) is 46.8 Å².